The molecule has 3 aromatic rings. The van der Waals surface area contributed by atoms with Gasteiger partial charge in [-0.2, -0.15) is 4.39 Å². The van der Waals surface area contributed by atoms with E-state index < -0.39 is 40.8 Å². The number of pyridine rings is 2. The van der Waals surface area contributed by atoms with Gasteiger partial charge in [-0.05, 0) is 36.8 Å². The van der Waals surface area contributed by atoms with E-state index in [1.54, 1.807) is 41.6 Å². The molecular weight excluding hydrogens is 458 g/mol. The fraction of sp³-hybridized carbons (Fsp3) is 0.240. The molecule has 2 aromatic heterocycles. The Balaban J connectivity index is 1.84. The molecule has 5 rings (SSSR count). The minimum Gasteiger partial charge on any atom is -0.502 e. The van der Waals surface area contributed by atoms with Crippen LogP contribution in [0, 0.1) is 11.6 Å². The van der Waals surface area contributed by atoms with Crippen molar-refractivity contribution < 1.29 is 23.4 Å². The summed E-state index contributed by atoms with van der Waals surface area (Å²) in [6.45, 7) is 1.84. The molecule has 1 amide bonds. The largest absolute Gasteiger partial charge is 0.502 e. The zero-order valence-electron chi connectivity index (χ0n) is 18.8. The minimum absolute atomic E-state index is 0.0106. The Bertz CT molecular complexity index is 1380. The Hall–Kier alpha value is -4.21. The van der Waals surface area contributed by atoms with E-state index >= 15 is 4.39 Å². The first-order valence-electron chi connectivity index (χ1n) is 11.1. The van der Waals surface area contributed by atoms with Crippen LogP contribution in [0.1, 0.15) is 41.1 Å². The summed E-state index contributed by atoms with van der Waals surface area (Å²) in [6.07, 6.45) is 6.83. The molecule has 0 radical (unpaired) electrons. The van der Waals surface area contributed by atoms with E-state index in [-0.39, 0.29) is 30.3 Å². The molecule has 2 atom stereocenters. The minimum atomic E-state index is -1.14. The lowest BCUT2D eigenvalue weighted by molar-refractivity contribution is 0.0625. The first-order chi connectivity index (χ1) is 16.9. The SMILES string of the molecule is CC[C@H]1/C=C\COc2c(ccc(F)c2F)[C@H](c2ccccn2)N2CN1C(=O)c1c(O)c(=O)ccn12. The second-order valence-corrected chi connectivity index (χ2v) is 8.23. The quantitative estimate of drug-likeness (QED) is 0.568. The molecule has 2 aliphatic rings. The van der Waals surface area contributed by atoms with Crippen LogP contribution >= 0.6 is 0 Å². The van der Waals surface area contributed by atoms with Gasteiger partial charge in [-0.15, -0.1) is 0 Å². The van der Waals surface area contributed by atoms with E-state index in [4.69, 9.17) is 4.74 Å². The van der Waals surface area contributed by atoms with Gasteiger partial charge in [0.2, 0.25) is 11.2 Å². The third-order valence-corrected chi connectivity index (χ3v) is 6.23. The van der Waals surface area contributed by atoms with Gasteiger partial charge in [0, 0.05) is 24.0 Å². The number of nitrogens with zero attached hydrogens (tertiary/aromatic N) is 4. The average Bonchev–Trinajstić information content (AvgIpc) is 2.89. The van der Waals surface area contributed by atoms with Gasteiger partial charge in [-0.1, -0.05) is 19.1 Å². The van der Waals surface area contributed by atoms with E-state index in [2.05, 4.69) is 4.98 Å². The van der Waals surface area contributed by atoms with Crippen LogP contribution in [0.3, 0.4) is 0 Å². The topological polar surface area (TPSA) is 87.9 Å². The molecule has 0 saturated heterocycles. The number of aromatic nitrogens is 2. The highest BCUT2D eigenvalue weighted by Crippen LogP contribution is 2.38. The molecule has 8 nitrogen and oxygen atoms in total. The smallest absolute Gasteiger partial charge is 0.278 e. The molecule has 0 fully saturated rings. The van der Waals surface area contributed by atoms with Crippen LogP contribution in [0.2, 0.25) is 0 Å². The van der Waals surface area contributed by atoms with E-state index in [0.29, 0.717) is 12.1 Å². The van der Waals surface area contributed by atoms with E-state index in [9.17, 15) is 19.1 Å². The van der Waals surface area contributed by atoms with Crippen molar-refractivity contribution in [2.75, 3.05) is 18.3 Å². The first kappa shape index (κ1) is 22.6. The molecule has 1 N–H and O–H groups in total. The molecule has 0 saturated carbocycles. The van der Waals surface area contributed by atoms with Crippen LogP contribution in [0.4, 0.5) is 8.78 Å². The Kier molecular flexibility index (Phi) is 5.72. The van der Waals surface area contributed by atoms with Crippen LogP contribution in [0.5, 0.6) is 11.5 Å². The van der Waals surface area contributed by atoms with Gasteiger partial charge in [0.1, 0.15) is 19.3 Å². The van der Waals surface area contributed by atoms with Gasteiger partial charge < -0.3 is 14.7 Å². The molecule has 2 aliphatic heterocycles. The van der Waals surface area contributed by atoms with Crippen LogP contribution in [-0.4, -0.2) is 44.9 Å². The standard InChI is InChI=1S/C25H22F2N4O4/c1-2-15-6-5-13-35-24-16(8-9-17(26)20(24)27)21(18-7-3-4-11-28-18)31-14-29(15)25(34)22-23(33)19(32)10-12-30(22)31/h3-12,15,21,33H,2,13-14H2,1H3/b6-5-/t15-,21+/m0/s1. The van der Waals surface area contributed by atoms with Crippen molar-refractivity contribution >= 4 is 5.91 Å². The summed E-state index contributed by atoms with van der Waals surface area (Å²) in [4.78, 5) is 31.7. The summed E-state index contributed by atoms with van der Waals surface area (Å²) >= 11 is 0. The molecule has 1 aromatic carbocycles. The predicted octanol–water partition coefficient (Wildman–Crippen LogP) is 3.10. The monoisotopic (exact) mass is 480 g/mol. The number of carbonyl (C=O) groups is 1. The van der Waals surface area contributed by atoms with E-state index in [1.165, 1.54) is 21.8 Å². The van der Waals surface area contributed by atoms with Crippen molar-refractivity contribution in [2.24, 2.45) is 0 Å². The Morgan fingerprint density at radius 2 is 2.00 bits per heavy atom. The zero-order valence-corrected chi connectivity index (χ0v) is 18.8. The van der Waals surface area contributed by atoms with Gasteiger partial charge in [0.05, 0.1) is 11.7 Å². The van der Waals surface area contributed by atoms with Crippen molar-refractivity contribution in [1.82, 2.24) is 14.6 Å². The summed E-state index contributed by atoms with van der Waals surface area (Å²) in [5.41, 5.74) is -0.196. The fourth-order valence-corrected chi connectivity index (χ4v) is 4.54. The number of carbonyl (C=O) groups excluding carboxylic acids is 1. The van der Waals surface area contributed by atoms with Gasteiger partial charge in [0.15, 0.2) is 23.0 Å². The van der Waals surface area contributed by atoms with Crippen molar-refractivity contribution in [3.05, 3.63) is 99.8 Å². The van der Waals surface area contributed by atoms with Gasteiger partial charge in [0.25, 0.3) is 5.91 Å². The number of fused-ring (bicyclic) bond motifs is 5. The highest BCUT2D eigenvalue weighted by molar-refractivity contribution is 5.96. The molecule has 180 valence electrons. The summed E-state index contributed by atoms with van der Waals surface area (Å²) in [7, 11) is 0. The number of rotatable bonds is 2. The summed E-state index contributed by atoms with van der Waals surface area (Å²) in [6, 6.07) is 7.47. The molecule has 0 spiro atoms. The lowest BCUT2D eigenvalue weighted by Crippen LogP contribution is -2.57. The van der Waals surface area contributed by atoms with Crippen LogP contribution < -0.4 is 15.2 Å². The molecule has 10 heteroatoms. The number of ether oxygens (including phenoxy) is 1. The normalized spacial score (nSPS) is 20.4. The number of hydrogen-bond acceptors (Lipinski definition) is 6. The lowest BCUT2D eigenvalue weighted by atomic mass is 10.00. The van der Waals surface area contributed by atoms with Gasteiger partial charge in [-0.3, -0.25) is 24.3 Å². The maximum absolute atomic E-state index is 15.0. The Morgan fingerprint density at radius 1 is 1.17 bits per heavy atom. The maximum atomic E-state index is 15.0. The van der Waals surface area contributed by atoms with Crippen LogP contribution in [0.15, 0.2) is 65.7 Å². The van der Waals surface area contributed by atoms with Crippen molar-refractivity contribution in [3.63, 3.8) is 0 Å². The molecule has 4 heterocycles. The molecular formula is C25H22F2N4O4. The first-order valence-corrected chi connectivity index (χ1v) is 11.1. The van der Waals surface area contributed by atoms with Crippen molar-refractivity contribution in [1.29, 1.82) is 0 Å². The number of amides is 1. The number of benzene rings is 1. The summed E-state index contributed by atoms with van der Waals surface area (Å²) < 4.78 is 36.4. The maximum Gasteiger partial charge on any atom is 0.278 e. The number of halogens is 2. The number of hydrogen-bond donors (Lipinski definition) is 1. The fourth-order valence-electron chi connectivity index (χ4n) is 4.54. The highest BCUT2D eigenvalue weighted by atomic mass is 19.2. The third kappa shape index (κ3) is 3.71. The van der Waals surface area contributed by atoms with Crippen molar-refractivity contribution in [3.8, 4) is 11.5 Å². The second-order valence-electron chi connectivity index (χ2n) is 8.23. The Morgan fingerprint density at radius 3 is 2.74 bits per heavy atom. The molecule has 2 bridgehead atoms. The second kappa shape index (κ2) is 8.86. The molecule has 35 heavy (non-hydrogen) atoms. The summed E-state index contributed by atoms with van der Waals surface area (Å²) in [5, 5.41) is 12.3. The van der Waals surface area contributed by atoms with E-state index in [1.807, 2.05) is 6.92 Å². The van der Waals surface area contributed by atoms with Crippen LogP contribution in [0.25, 0.3) is 0 Å². The van der Waals surface area contributed by atoms with Crippen molar-refractivity contribution in [2.45, 2.75) is 25.4 Å². The molecule has 0 unspecified atom stereocenters. The number of aromatic hydroxyl groups is 1. The predicted molar refractivity (Wildman–Crippen MR) is 123 cm³/mol. The average molecular weight is 480 g/mol. The van der Waals surface area contributed by atoms with Gasteiger partial charge in [-0.25, -0.2) is 4.39 Å². The van der Waals surface area contributed by atoms with Crippen LogP contribution in [-0.2, 0) is 0 Å². The van der Waals surface area contributed by atoms with Gasteiger partial charge >= 0.3 is 0 Å². The van der Waals surface area contributed by atoms with E-state index in [0.717, 1.165) is 12.1 Å². The lowest BCUT2D eigenvalue weighted by Gasteiger charge is -2.45. The molecule has 0 aliphatic carbocycles. The Labute approximate surface area is 199 Å². The zero-order chi connectivity index (χ0) is 24.7. The third-order valence-electron chi connectivity index (χ3n) is 6.23. The summed E-state index contributed by atoms with van der Waals surface area (Å²) in [5.74, 6) is -3.71. The highest BCUT2D eigenvalue weighted by Gasteiger charge is 2.40.